The summed E-state index contributed by atoms with van der Waals surface area (Å²) in [5, 5.41) is 3.40. The summed E-state index contributed by atoms with van der Waals surface area (Å²) in [5.74, 6) is 1.71. The molecule has 2 fully saturated rings. The third kappa shape index (κ3) is 3.43. The molecule has 1 aliphatic heterocycles. The van der Waals surface area contributed by atoms with Crippen LogP contribution in [0.1, 0.15) is 44.2 Å². The van der Waals surface area contributed by atoms with Gasteiger partial charge in [0.25, 0.3) is 0 Å². The van der Waals surface area contributed by atoms with E-state index in [4.69, 9.17) is 0 Å². The monoisotopic (exact) mass is 287 g/mol. The molecule has 0 radical (unpaired) electrons. The minimum absolute atomic E-state index is 0.138. The average Bonchev–Trinajstić information content (AvgIpc) is 2.93. The van der Waals surface area contributed by atoms with Crippen LogP contribution in [-0.4, -0.2) is 35.4 Å². The Balaban J connectivity index is 1.67. The number of nitrogens with one attached hydrogen (secondary N) is 1. The van der Waals surface area contributed by atoms with Crippen LogP contribution in [0.2, 0.25) is 0 Å². The highest BCUT2D eigenvalue weighted by Gasteiger charge is 2.31. The maximum Gasteiger partial charge on any atom is 0.223 e. The SMILES string of the molecule is CC1CCC(CC(=O)N2CCNCC2c2cccnc2)C1. The molecular weight excluding hydrogens is 262 g/mol. The van der Waals surface area contributed by atoms with E-state index in [0.717, 1.165) is 37.5 Å². The van der Waals surface area contributed by atoms with E-state index >= 15 is 0 Å². The van der Waals surface area contributed by atoms with Crippen LogP contribution in [-0.2, 0) is 4.79 Å². The Kier molecular flexibility index (Phi) is 4.54. The number of hydrogen-bond donors (Lipinski definition) is 1. The molecule has 1 aliphatic carbocycles. The number of carbonyl (C=O) groups is 1. The van der Waals surface area contributed by atoms with Crippen molar-refractivity contribution in [2.75, 3.05) is 19.6 Å². The quantitative estimate of drug-likeness (QED) is 0.928. The third-order valence-electron chi connectivity index (χ3n) is 4.90. The Morgan fingerprint density at radius 1 is 1.48 bits per heavy atom. The zero-order valence-corrected chi connectivity index (χ0v) is 12.8. The molecular formula is C17H25N3O. The van der Waals surface area contributed by atoms with E-state index in [1.165, 1.54) is 19.3 Å². The molecule has 4 nitrogen and oxygen atoms in total. The van der Waals surface area contributed by atoms with Gasteiger partial charge in [-0.25, -0.2) is 0 Å². The van der Waals surface area contributed by atoms with Crippen molar-refractivity contribution in [3.8, 4) is 0 Å². The summed E-state index contributed by atoms with van der Waals surface area (Å²) in [6.07, 6.45) is 8.11. The maximum atomic E-state index is 12.7. The normalized spacial score (nSPS) is 29.6. The van der Waals surface area contributed by atoms with Gasteiger partial charge in [0.15, 0.2) is 0 Å². The lowest BCUT2D eigenvalue weighted by Gasteiger charge is -2.37. The number of pyridine rings is 1. The molecule has 1 saturated carbocycles. The van der Waals surface area contributed by atoms with Gasteiger partial charge in [-0.2, -0.15) is 0 Å². The Bertz CT molecular complexity index is 476. The van der Waals surface area contributed by atoms with Crippen molar-refractivity contribution in [3.05, 3.63) is 30.1 Å². The van der Waals surface area contributed by atoms with Gasteiger partial charge in [-0.05, 0) is 36.3 Å². The third-order valence-corrected chi connectivity index (χ3v) is 4.90. The Morgan fingerprint density at radius 3 is 3.10 bits per heavy atom. The van der Waals surface area contributed by atoms with Gasteiger partial charge in [-0.15, -0.1) is 0 Å². The lowest BCUT2D eigenvalue weighted by molar-refractivity contribution is -0.135. The molecule has 1 amide bonds. The minimum Gasteiger partial charge on any atom is -0.333 e. The number of piperazine rings is 1. The van der Waals surface area contributed by atoms with Crippen LogP contribution in [0.25, 0.3) is 0 Å². The fourth-order valence-corrected chi connectivity index (χ4v) is 3.75. The van der Waals surface area contributed by atoms with Crippen LogP contribution in [0.3, 0.4) is 0 Å². The molecule has 2 aliphatic rings. The second kappa shape index (κ2) is 6.56. The van der Waals surface area contributed by atoms with Crippen LogP contribution in [0, 0.1) is 11.8 Å². The van der Waals surface area contributed by atoms with Gasteiger partial charge in [-0.3, -0.25) is 9.78 Å². The number of nitrogens with zero attached hydrogens (tertiary/aromatic N) is 2. The first-order chi connectivity index (χ1) is 10.2. The van der Waals surface area contributed by atoms with E-state index in [1.54, 1.807) is 6.20 Å². The summed E-state index contributed by atoms with van der Waals surface area (Å²) in [4.78, 5) is 19.0. The first kappa shape index (κ1) is 14.5. The van der Waals surface area contributed by atoms with Gasteiger partial charge in [0.05, 0.1) is 6.04 Å². The highest BCUT2D eigenvalue weighted by atomic mass is 16.2. The van der Waals surface area contributed by atoms with Crippen LogP contribution >= 0.6 is 0 Å². The number of hydrogen-bond acceptors (Lipinski definition) is 3. The molecule has 3 rings (SSSR count). The van der Waals surface area contributed by atoms with Gasteiger partial charge in [0, 0.05) is 38.4 Å². The predicted molar refractivity (Wildman–Crippen MR) is 82.7 cm³/mol. The standard InChI is InChI=1S/C17H25N3O/c1-13-4-5-14(9-13)10-17(21)20-8-7-19-12-16(20)15-3-2-6-18-11-15/h2-3,6,11,13-14,16,19H,4-5,7-10,12H2,1H3. The summed E-state index contributed by atoms with van der Waals surface area (Å²) in [6.45, 7) is 4.83. The predicted octanol–water partition coefficient (Wildman–Crippen LogP) is 2.38. The van der Waals surface area contributed by atoms with Crippen molar-refractivity contribution in [3.63, 3.8) is 0 Å². The summed E-state index contributed by atoms with van der Waals surface area (Å²) >= 11 is 0. The van der Waals surface area contributed by atoms with Crippen LogP contribution in [0.4, 0.5) is 0 Å². The summed E-state index contributed by atoms with van der Waals surface area (Å²) < 4.78 is 0. The molecule has 0 bridgehead atoms. The Hall–Kier alpha value is -1.42. The van der Waals surface area contributed by atoms with Crippen LogP contribution in [0.15, 0.2) is 24.5 Å². The maximum absolute atomic E-state index is 12.7. The van der Waals surface area contributed by atoms with Crippen molar-refractivity contribution in [2.45, 2.75) is 38.6 Å². The van der Waals surface area contributed by atoms with Crippen molar-refractivity contribution in [1.82, 2.24) is 15.2 Å². The second-order valence-corrected chi connectivity index (χ2v) is 6.58. The first-order valence-electron chi connectivity index (χ1n) is 8.14. The zero-order valence-electron chi connectivity index (χ0n) is 12.8. The summed E-state index contributed by atoms with van der Waals surface area (Å²) in [5.41, 5.74) is 1.14. The number of amides is 1. The molecule has 21 heavy (non-hydrogen) atoms. The van der Waals surface area contributed by atoms with Gasteiger partial charge in [-0.1, -0.05) is 19.4 Å². The summed E-state index contributed by atoms with van der Waals surface area (Å²) in [7, 11) is 0. The molecule has 1 N–H and O–H groups in total. The Labute approximate surface area is 126 Å². The van der Waals surface area contributed by atoms with E-state index in [2.05, 4.69) is 28.2 Å². The fraction of sp³-hybridized carbons (Fsp3) is 0.647. The molecule has 3 unspecified atom stereocenters. The van der Waals surface area contributed by atoms with Gasteiger partial charge in [0.1, 0.15) is 0 Å². The number of aromatic nitrogens is 1. The van der Waals surface area contributed by atoms with Crippen LogP contribution < -0.4 is 5.32 Å². The van der Waals surface area contributed by atoms with Crippen molar-refractivity contribution in [2.24, 2.45) is 11.8 Å². The highest BCUT2D eigenvalue weighted by Crippen LogP contribution is 2.34. The molecule has 4 heteroatoms. The number of carbonyl (C=O) groups excluding carboxylic acids is 1. The number of rotatable bonds is 3. The molecule has 0 aromatic carbocycles. The molecule has 1 saturated heterocycles. The lowest BCUT2D eigenvalue weighted by atomic mass is 9.99. The van der Waals surface area contributed by atoms with Crippen molar-refractivity contribution in [1.29, 1.82) is 0 Å². The molecule has 1 aromatic heterocycles. The van der Waals surface area contributed by atoms with E-state index in [9.17, 15) is 4.79 Å². The first-order valence-corrected chi connectivity index (χ1v) is 8.14. The van der Waals surface area contributed by atoms with E-state index in [0.29, 0.717) is 11.8 Å². The minimum atomic E-state index is 0.138. The largest absolute Gasteiger partial charge is 0.333 e. The zero-order chi connectivity index (χ0) is 14.7. The van der Waals surface area contributed by atoms with Gasteiger partial charge >= 0.3 is 0 Å². The molecule has 114 valence electrons. The molecule has 0 spiro atoms. The topological polar surface area (TPSA) is 45.2 Å². The van der Waals surface area contributed by atoms with Crippen LogP contribution in [0.5, 0.6) is 0 Å². The molecule has 1 aromatic rings. The van der Waals surface area contributed by atoms with Crippen molar-refractivity contribution < 1.29 is 4.79 Å². The summed E-state index contributed by atoms with van der Waals surface area (Å²) in [6, 6.07) is 4.16. The van der Waals surface area contributed by atoms with Gasteiger partial charge in [0.2, 0.25) is 5.91 Å². The second-order valence-electron chi connectivity index (χ2n) is 6.58. The van der Waals surface area contributed by atoms with Crippen molar-refractivity contribution >= 4 is 5.91 Å². The Morgan fingerprint density at radius 2 is 2.38 bits per heavy atom. The average molecular weight is 287 g/mol. The molecule has 2 heterocycles. The van der Waals surface area contributed by atoms with Gasteiger partial charge < -0.3 is 10.2 Å². The van der Waals surface area contributed by atoms with E-state index in [-0.39, 0.29) is 6.04 Å². The highest BCUT2D eigenvalue weighted by molar-refractivity contribution is 5.77. The lowest BCUT2D eigenvalue weighted by Crippen LogP contribution is -2.49. The molecule has 3 atom stereocenters. The smallest absolute Gasteiger partial charge is 0.223 e. The van der Waals surface area contributed by atoms with E-state index < -0.39 is 0 Å². The van der Waals surface area contributed by atoms with E-state index in [1.807, 2.05) is 12.3 Å². The fourth-order valence-electron chi connectivity index (χ4n) is 3.75.